The van der Waals surface area contributed by atoms with Gasteiger partial charge in [-0.15, -0.1) is 6.58 Å². The summed E-state index contributed by atoms with van der Waals surface area (Å²) in [6.07, 6.45) is 9.45. The fraction of sp³-hybridized carbons (Fsp3) is 0.208. The summed E-state index contributed by atoms with van der Waals surface area (Å²) < 4.78 is 0. The molecule has 0 aliphatic rings. The maximum atomic E-state index is 7.91. The average Bonchev–Trinajstić information content (AvgIpc) is 3.22. The second kappa shape index (κ2) is 22.4. The smallest absolute Gasteiger partial charge is 0.0257 e. The van der Waals surface area contributed by atoms with Crippen LogP contribution in [0.15, 0.2) is 164 Å². The fourth-order valence-corrected chi connectivity index (χ4v) is 6.33. The van der Waals surface area contributed by atoms with E-state index in [1.165, 1.54) is 56.2 Å². The number of hydrogen-bond acceptors (Lipinski definition) is 2. The van der Waals surface area contributed by atoms with Crippen molar-refractivity contribution in [3.8, 4) is 22.3 Å². The molecular weight excluding hydrogens is 665 g/mol. The van der Waals surface area contributed by atoms with E-state index in [4.69, 9.17) is 10.8 Å². The van der Waals surface area contributed by atoms with Crippen LogP contribution in [0.4, 0.5) is 0 Å². The van der Waals surface area contributed by atoms with Crippen LogP contribution in [0.25, 0.3) is 60.1 Å². The molecule has 2 nitrogen and oxygen atoms in total. The van der Waals surface area contributed by atoms with Gasteiger partial charge >= 0.3 is 0 Å². The highest BCUT2D eigenvalue weighted by molar-refractivity contribution is 6.21. The van der Waals surface area contributed by atoms with Crippen molar-refractivity contribution in [2.75, 3.05) is 0 Å². The van der Waals surface area contributed by atoms with Gasteiger partial charge in [-0.1, -0.05) is 191 Å². The normalized spacial score (nSPS) is 10.9. The molecular formula is C53H62N2. The maximum absolute atomic E-state index is 7.91. The SMILES string of the molecule is C=C/C=C(C=N)/C(C=N)=C/C(=C)c1ccc2ccc(-c3c4ccccc4c(-c4cccc(C(C)(C)C)c4)c4ccccc34)cc2c1.C=CC.CC.CC.CC. The van der Waals surface area contributed by atoms with Crippen LogP contribution >= 0.6 is 0 Å². The second-order valence-corrected chi connectivity index (χ2v) is 13.1. The Balaban J connectivity index is 0.00000108. The largest absolute Gasteiger partial charge is 0.308 e. The predicted octanol–water partition coefficient (Wildman–Crippen LogP) is 16.4. The minimum absolute atomic E-state index is 0.0538. The van der Waals surface area contributed by atoms with Crippen LogP contribution in [-0.2, 0) is 5.41 Å². The van der Waals surface area contributed by atoms with Crippen LogP contribution in [0, 0.1) is 10.8 Å². The van der Waals surface area contributed by atoms with E-state index in [1.54, 1.807) is 18.2 Å². The molecule has 6 rings (SSSR count). The Kier molecular flexibility index (Phi) is 18.4. The first-order chi connectivity index (χ1) is 26.6. The standard InChI is InChI=1S/C44H38N2.C3H6.3C2H6/c1-6-12-34(27-45)36(28-46)23-29(2)31-21-19-30-20-22-33(25-35(30)24-31)43-40-17-9-7-15-38(40)42(39-16-8-10-18-41(39)43)32-13-11-14-37(26-32)44(3,4)5;1-3-2;3*1-2/h6-28,45-46H,1-2H2,3-5H3;3H,1H2,2H3;3*1-2H3/b34-12+,36-23+,45-27?,46-28?;;;;. The molecule has 0 unspecified atom stereocenters. The lowest BCUT2D eigenvalue weighted by molar-refractivity contribution is 0.590. The Labute approximate surface area is 332 Å². The molecule has 2 heteroatoms. The number of benzene rings is 6. The Bertz CT molecular complexity index is 2250. The Morgan fingerprint density at radius 1 is 0.564 bits per heavy atom. The van der Waals surface area contributed by atoms with Gasteiger partial charge in [0.25, 0.3) is 0 Å². The molecule has 0 atom stereocenters. The van der Waals surface area contributed by atoms with Gasteiger partial charge in [-0.2, -0.15) is 0 Å². The van der Waals surface area contributed by atoms with Crippen LogP contribution in [0.1, 0.15) is 80.4 Å². The van der Waals surface area contributed by atoms with Crippen LogP contribution in [0.5, 0.6) is 0 Å². The summed E-state index contributed by atoms with van der Waals surface area (Å²) in [5.74, 6) is 0. The molecule has 6 aromatic carbocycles. The molecule has 0 aliphatic carbocycles. The van der Waals surface area contributed by atoms with E-state index in [0.29, 0.717) is 11.1 Å². The molecule has 0 saturated carbocycles. The zero-order valence-corrected chi connectivity index (χ0v) is 35.0. The van der Waals surface area contributed by atoms with Crippen molar-refractivity contribution in [3.05, 3.63) is 176 Å². The molecule has 2 N–H and O–H groups in total. The molecule has 55 heavy (non-hydrogen) atoms. The number of nitrogens with one attached hydrogen (secondary N) is 2. The molecule has 284 valence electrons. The molecule has 0 aromatic heterocycles. The minimum atomic E-state index is 0.0538. The fourth-order valence-electron chi connectivity index (χ4n) is 6.33. The summed E-state index contributed by atoms with van der Waals surface area (Å²) in [6.45, 7) is 32.1. The zero-order valence-electron chi connectivity index (χ0n) is 35.0. The molecule has 0 bridgehead atoms. The van der Waals surface area contributed by atoms with Gasteiger partial charge in [-0.25, -0.2) is 0 Å². The molecule has 0 fully saturated rings. The van der Waals surface area contributed by atoms with E-state index in [2.05, 4.69) is 150 Å². The topological polar surface area (TPSA) is 47.7 Å². The van der Waals surface area contributed by atoms with Crippen molar-refractivity contribution < 1.29 is 0 Å². The first-order valence-corrected chi connectivity index (χ1v) is 19.6. The Morgan fingerprint density at radius 2 is 1.04 bits per heavy atom. The lowest BCUT2D eigenvalue weighted by Crippen LogP contribution is -2.10. The lowest BCUT2D eigenvalue weighted by atomic mass is 9.82. The Morgan fingerprint density at radius 3 is 1.49 bits per heavy atom. The average molecular weight is 727 g/mol. The molecule has 0 heterocycles. The van der Waals surface area contributed by atoms with Crippen molar-refractivity contribution >= 4 is 50.3 Å². The minimum Gasteiger partial charge on any atom is -0.308 e. The van der Waals surface area contributed by atoms with Gasteiger partial charge in [0, 0.05) is 23.6 Å². The summed E-state index contributed by atoms with van der Waals surface area (Å²) in [6, 6.07) is 39.6. The van der Waals surface area contributed by atoms with Gasteiger partial charge < -0.3 is 10.8 Å². The number of fused-ring (bicyclic) bond motifs is 3. The lowest BCUT2D eigenvalue weighted by Gasteiger charge is -2.22. The van der Waals surface area contributed by atoms with Gasteiger partial charge in [0.15, 0.2) is 0 Å². The van der Waals surface area contributed by atoms with Crippen LogP contribution in [0.3, 0.4) is 0 Å². The van der Waals surface area contributed by atoms with E-state index in [-0.39, 0.29) is 5.41 Å². The molecule has 0 amide bonds. The quantitative estimate of drug-likeness (QED) is 0.0679. The third kappa shape index (κ3) is 10.9. The summed E-state index contributed by atoms with van der Waals surface area (Å²) in [5, 5.41) is 22.9. The summed E-state index contributed by atoms with van der Waals surface area (Å²) >= 11 is 0. The third-order valence-electron chi connectivity index (χ3n) is 8.72. The third-order valence-corrected chi connectivity index (χ3v) is 8.72. The van der Waals surface area contributed by atoms with E-state index < -0.39 is 0 Å². The van der Waals surface area contributed by atoms with Crippen molar-refractivity contribution in [1.29, 1.82) is 10.8 Å². The van der Waals surface area contributed by atoms with Gasteiger partial charge in [0.1, 0.15) is 0 Å². The second-order valence-electron chi connectivity index (χ2n) is 13.1. The highest BCUT2D eigenvalue weighted by atomic mass is 14.4. The molecule has 0 spiro atoms. The van der Waals surface area contributed by atoms with Crippen molar-refractivity contribution in [3.63, 3.8) is 0 Å². The van der Waals surface area contributed by atoms with Gasteiger partial charge in [-0.05, 0) is 102 Å². The maximum Gasteiger partial charge on any atom is 0.0257 e. The first-order valence-electron chi connectivity index (χ1n) is 19.6. The molecule has 0 radical (unpaired) electrons. The van der Waals surface area contributed by atoms with Crippen LogP contribution in [0.2, 0.25) is 0 Å². The highest BCUT2D eigenvalue weighted by Gasteiger charge is 2.19. The van der Waals surface area contributed by atoms with Crippen LogP contribution in [-0.4, -0.2) is 12.4 Å². The van der Waals surface area contributed by atoms with E-state index in [9.17, 15) is 0 Å². The molecule has 6 aromatic rings. The number of allylic oxidation sites excluding steroid dienone is 7. The molecule has 0 saturated heterocycles. The summed E-state index contributed by atoms with van der Waals surface area (Å²) in [4.78, 5) is 0. The number of hydrogen-bond donors (Lipinski definition) is 2. The summed E-state index contributed by atoms with van der Waals surface area (Å²) in [5.41, 5.74) is 9.24. The molecule has 0 aliphatic heterocycles. The Hall–Kier alpha value is -5.86. The monoisotopic (exact) mass is 726 g/mol. The van der Waals surface area contributed by atoms with Gasteiger partial charge in [-0.3, -0.25) is 0 Å². The van der Waals surface area contributed by atoms with E-state index in [1.807, 2.05) is 54.5 Å². The predicted molar refractivity (Wildman–Crippen MR) is 251 cm³/mol. The van der Waals surface area contributed by atoms with Crippen LogP contribution < -0.4 is 0 Å². The van der Waals surface area contributed by atoms with Gasteiger partial charge in [0.2, 0.25) is 0 Å². The first kappa shape index (κ1) is 45.3. The van der Waals surface area contributed by atoms with Crippen molar-refractivity contribution in [2.24, 2.45) is 0 Å². The van der Waals surface area contributed by atoms with Crippen molar-refractivity contribution in [1.82, 2.24) is 0 Å². The van der Waals surface area contributed by atoms with Gasteiger partial charge in [0.05, 0.1) is 0 Å². The van der Waals surface area contributed by atoms with Crippen molar-refractivity contribution in [2.45, 2.75) is 74.7 Å². The highest BCUT2D eigenvalue weighted by Crippen LogP contribution is 2.44. The summed E-state index contributed by atoms with van der Waals surface area (Å²) in [7, 11) is 0. The number of rotatable bonds is 8. The zero-order chi connectivity index (χ0) is 41.1. The van der Waals surface area contributed by atoms with E-state index in [0.717, 1.165) is 27.5 Å². The van der Waals surface area contributed by atoms with E-state index >= 15 is 0 Å².